The fraction of sp³-hybridized carbons (Fsp3) is 0.941. The standard InChI is InChI=1S/C17H32O4/c1-11(2)13-16(5,6)9-20-15(21-13)17(7,8)10-19-14(18)12(3)4/h11-13,15H,9-10H2,1-8H3/t13-,15-/m0/s1. The van der Waals surface area contributed by atoms with E-state index in [0.717, 1.165) is 0 Å². The Morgan fingerprint density at radius 2 is 1.86 bits per heavy atom. The minimum atomic E-state index is -0.367. The van der Waals surface area contributed by atoms with Gasteiger partial charge in [0.2, 0.25) is 0 Å². The van der Waals surface area contributed by atoms with Crippen molar-refractivity contribution in [3.8, 4) is 0 Å². The van der Waals surface area contributed by atoms with Gasteiger partial charge >= 0.3 is 5.97 Å². The van der Waals surface area contributed by atoms with E-state index in [1.165, 1.54) is 0 Å². The van der Waals surface area contributed by atoms with Crippen molar-refractivity contribution in [3.05, 3.63) is 0 Å². The van der Waals surface area contributed by atoms with Gasteiger partial charge in [0.15, 0.2) is 6.29 Å². The Hall–Kier alpha value is -0.610. The molecule has 0 radical (unpaired) electrons. The zero-order valence-corrected chi connectivity index (χ0v) is 14.9. The quantitative estimate of drug-likeness (QED) is 0.727. The molecular weight excluding hydrogens is 268 g/mol. The van der Waals surface area contributed by atoms with Crippen molar-refractivity contribution >= 4 is 5.97 Å². The third kappa shape index (κ3) is 4.68. The third-order valence-corrected chi connectivity index (χ3v) is 3.95. The lowest BCUT2D eigenvalue weighted by Crippen LogP contribution is -2.53. The van der Waals surface area contributed by atoms with Crippen LogP contribution in [0.5, 0.6) is 0 Å². The van der Waals surface area contributed by atoms with Crippen LogP contribution in [0.15, 0.2) is 0 Å². The zero-order valence-electron chi connectivity index (χ0n) is 14.9. The molecule has 4 heteroatoms. The number of carbonyl (C=O) groups is 1. The van der Waals surface area contributed by atoms with Crippen molar-refractivity contribution in [3.63, 3.8) is 0 Å². The average molecular weight is 300 g/mol. The van der Waals surface area contributed by atoms with Crippen LogP contribution in [0.25, 0.3) is 0 Å². The number of hydrogen-bond donors (Lipinski definition) is 0. The normalized spacial score (nSPS) is 26.2. The molecule has 0 saturated carbocycles. The van der Waals surface area contributed by atoms with Crippen LogP contribution in [0.1, 0.15) is 55.4 Å². The molecule has 0 N–H and O–H groups in total. The van der Waals surface area contributed by atoms with Gasteiger partial charge in [0.05, 0.1) is 18.6 Å². The molecule has 21 heavy (non-hydrogen) atoms. The van der Waals surface area contributed by atoms with Crippen LogP contribution >= 0.6 is 0 Å². The maximum absolute atomic E-state index is 11.6. The van der Waals surface area contributed by atoms with Crippen molar-refractivity contribution in [1.82, 2.24) is 0 Å². The molecule has 0 aromatic rings. The van der Waals surface area contributed by atoms with Gasteiger partial charge < -0.3 is 14.2 Å². The van der Waals surface area contributed by atoms with Crippen molar-refractivity contribution in [2.45, 2.75) is 67.8 Å². The highest BCUT2D eigenvalue weighted by molar-refractivity contribution is 5.71. The average Bonchev–Trinajstić information content (AvgIpc) is 2.34. The van der Waals surface area contributed by atoms with Crippen LogP contribution in [0.4, 0.5) is 0 Å². The lowest BCUT2D eigenvalue weighted by atomic mass is 9.79. The van der Waals surface area contributed by atoms with Gasteiger partial charge in [-0.3, -0.25) is 4.79 Å². The fourth-order valence-corrected chi connectivity index (χ4v) is 2.69. The summed E-state index contributed by atoms with van der Waals surface area (Å²) in [6.07, 6.45) is -0.214. The van der Waals surface area contributed by atoms with Gasteiger partial charge in [0.25, 0.3) is 0 Å². The zero-order chi connectivity index (χ0) is 16.4. The molecule has 1 fully saturated rings. The lowest BCUT2D eigenvalue weighted by Gasteiger charge is -2.48. The molecule has 124 valence electrons. The van der Waals surface area contributed by atoms with Crippen LogP contribution in [0.3, 0.4) is 0 Å². The second kappa shape index (κ2) is 6.66. The van der Waals surface area contributed by atoms with Gasteiger partial charge in [0.1, 0.15) is 6.61 Å². The second-order valence-electron chi connectivity index (χ2n) is 8.18. The summed E-state index contributed by atoms with van der Waals surface area (Å²) in [6.45, 7) is 17.3. The van der Waals surface area contributed by atoms with Gasteiger partial charge in [-0.15, -0.1) is 0 Å². The van der Waals surface area contributed by atoms with Gasteiger partial charge in [-0.05, 0) is 5.92 Å². The molecule has 4 nitrogen and oxygen atoms in total. The van der Waals surface area contributed by atoms with Crippen molar-refractivity contribution in [2.24, 2.45) is 22.7 Å². The largest absolute Gasteiger partial charge is 0.465 e. The van der Waals surface area contributed by atoms with E-state index in [0.29, 0.717) is 19.1 Å². The molecule has 0 bridgehead atoms. The summed E-state index contributed by atoms with van der Waals surface area (Å²) in [5.41, 5.74) is -0.371. The predicted molar refractivity (Wildman–Crippen MR) is 82.8 cm³/mol. The van der Waals surface area contributed by atoms with Gasteiger partial charge in [-0.1, -0.05) is 55.4 Å². The SMILES string of the molecule is CC(C)C(=O)OCC(C)(C)[C@H]1OCC(C)(C)[C@H](C(C)C)O1. The molecular formula is C17H32O4. The van der Waals surface area contributed by atoms with Crippen molar-refractivity contribution in [1.29, 1.82) is 0 Å². The first-order valence-electron chi connectivity index (χ1n) is 7.91. The monoisotopic (exact) mass is 300 g/mol. The molecule has 1 heterocycles. The molecule has 1 saturated heterocycles. The number of ether oxygens (including phenoxy) is 3. The number of hydrogen-bond acceptors (Lipinski definition) is 4. The highest BCUT2D eigenvalue weighted by Crippen LogP contribution is 2.39. The summed E-state index contributed by atoms with van der Waals surface area (Å²) >= 11 is 0. The summed E-state index contributed by atoms with van der Waals surface area (Å²) < 4.78 is 17.5. The van der Waals surface area contributed by atoms with Gasteiger partial charge in [0, 0.05) is 10.8 Å². The van der Waals surface area contributed by atoms with E-state index in [-0.39, 0.29) is 35.1 Å². The molecule has 0 aromatic carbocycles. The first kappa shape index (κ1) is 18.4. The maximum atomic E-state index is 11.6. The Labute approximate surface area is 129 Å². The summed E-state index contributed by atoms with van der Waals surface area (Å²) in [5, 5.41) is 0. The van der Waals surface area contributed by atoms with E-state index < -0.39 is 0 Å². The molecule has 0 aliphatic carbocycles. The predicted octanol–water partition coefficient (Wildman–Crippen LogP) is 3.64. The minimum absolute atomic E-state index is 0.00461. The van der Waals surface area contributed by atoms with E-state index in [1.54, 1.807) is 0 Å². The van der Waals surface area contributed by atoms with E-state index in [2.05, 4.69) is 27.7 Å². The van der Waals surface area contributed by atoms with Gasteiger partial charge in [-0.2, -0.15) is 0 Å². The van der Waals surface area contributed by atoms with Crippen LogP contribution < -0.4 is 0 Å². The smallest absolute Gasteiger partial charge is 0.308 e. The third-order valence-electron chi connectivity index (χ3n) is 3.95. The molecule has 1 aliphatic heterocycles. The van der Waals surface area contributed by atoms with Crippen LogP contribution in [-0.2, 0) is 19.0 Å². The summed E-state index contributed by atoms with van der Waals surface area (Å²) in [7, 11) is 0. The van der Waals surface area contributed by atoms with Gasteiger partial charge in [-0.25, -0.2) is 0 Å². The first-order valence-corrected chi connectivity index (χ1v) is 7.91. The van der Waals surface area contributed by atoms with E-state index >= 15 is 0 Å². The number of rotatable bonds is 5. The summed E-state index contributed by atoms with van der Waals surface area (Å²) in [4.78, 5) is 11.6. The molecule has 1 rings (SSSR count). The molecule has 2 atom stereocenters. The fourth-order valence-electron chi connectivity index (χ4n) is 2.69. The van der Waals surface area contributed by atoms with E-state index in [1.807, 2.05) is 27.7 Å². The Kier molecular flexibility index (Phi) is 5.84. The van der Waals surface area contributed by atoms with Crippen molar-refractivity contribution < 1.29 is 19.0 Å². The number of carbonyl (C=O) groups excluding carboxylic acids is 1. The lowest BCUT2D eigenvalue weighted by molar-refractivity contribution is -0.307. The Bertz CT molecular complexity index is 358. The van der Waals surface area contributed by atoms with E-state index in [4.69, 9.17) is 14.2 Å². The minimum Gasteiger partial charge on any atom is -0.465 e. The summed E-state index contributed by atoms with van der Waals surface area (Å²) in [5.74, 6) is 0.122. The Morgan fingerprint density at radius 1 is 1.29 bits per heavy atom. The second-order valence-corrected chi connectivity index (χ2v) is 8.18. The molecule has 0 aromatic heterocycles. The van der Waals surface area contributed by atoms with Crippen LogP contribution in [0, 0.1) is 22.7 Å². The highest BCUT2D eigenvalue weighted by Gasteiger charge is 2.45. The molecule has 0 amide bonds. The summed E-state index contributed by atoms with van der Waals surface area (Å²) in [6, 6.07) is 0. The molecule has 1 aliphatic rings. The van der Waals surface area contributed by atoms with Crippen LogP contribution in [0.2, 0.25) is 0 Å². The molecule has 0 spiro atoms. The topological polar surface area (TPSA) is 44.8 Å². The van der Waals surface area contributed by atoms with E-state index in [9.17, 15) is 4.79 Å². The van der Waals surface area contributed by atoms with Crippen molar-refractivity contribution in [2.75, 3.05) is 13.2 Å². The Balaban J connectivity index is 2.69. The molecule has 0 unspecified atom stereocenters. The Morgan fingerprint density at radius 3 is 2.33 bits per heavy atom. The van der Waals surface area contributed by atoms with Crippen LogP contribution in [-0.4, -0.2) is 31.6 Å². The maximum Gasteiger partial charge on any atom is 0.308 e. The number of esters is 1. The first-order chi connectivity index (χ1) is 9.47. The highest BCUT2D eigenvalue weighted by atomic mass is 16.7.